The predicted octanol–water partition coefficient (Wildman–Crippen LogP) is 4.35. The number of carbonyl (C=O) groups excluding carboxylic acids is 1. The Morgan fingerprint density at radius 3 is 2.55 bits per heavy atom. The monoisotopic (exact) mass is 470 g/mol. The first-order valence-electron chi connectivity index (χ1n) is 11.4. The second-order valence-corrected chi connectivity index (χ2v) is 10.1. The van der Waals surface area contributed by atoms with Crippen LogP contribution in [0.25, 0.3) is 16.9 Å². The number of hydrogen-bond acceptors (Lipinski definition) is 6. The molecule has 8 nitrogen and oxygen atoms in total. The lowest BCUT2D eigenvalue weighted by Crippen LogP contribution is -2.42. The summed E-state index contributed by atoms with van der Waals surface area (Å²) in [7, 11) is 0. The number of halogens is 1. The van der Waals surface area contributed by atoms with Crippen LogP contribution in [0.4, 0.5) is 5.69 Å². The quantitative estimate of drug-likeness (QED) is 0.494. The summed E-state index contributed by atoms with van der Waals surface area (Å²) in [6.45, 7) is 7.76. The lowest BCUT2D eigenvalue weighted by atomic mass is 9.77. The summed E-state index contributed by atoms with van der Waals surface area (Å²) in [6, 6.07) is 3.84. The van der Waals surface area contributed by atoms with Gasteiger partial charge < -0.3 is 15.7 Å². The molecular weight excluding hydrogens is 440 g/mol. The molecule has 3 N–H and O–H groups in total. The Hall–Kier alpha value is -2.71. The standard InChI is InChI=1S/C24H31ClN6O2/c1-14(2)29-20-10-21(31-22-15(11-28-31)9-17(25)12-27-22)26-13-19(20)23(32)30-18-7-5-16(6-8-18)24(3,4)33/h9-14,16,18,33H,5-8H2,1-4H3,(H,26,29)(H,30,32). The minimum Gasteiger partial charge on any atom is -0.390 e. The zero-order chi connectivity index (χ0) is 23.8. The molecule has 1 saturated carbocycles. The zero-order valence-corrected chi connectivity index (χ0v) is 20.2. The molecule has 3 aromatic heterocycles. The first-order chi connectivity index (χ1) is 15.6. The summed E-state index contributed by atoms with van der Waals surface area (Å²) in [6.07, 6.45) is 8.35. The number of carbonyl (C=O) groups is 1. The maximum atomic E-state index is 13.2. The average molecular weight is 471 g/mol. The summed E-state index contributed by atoms with van der Waals surface area (Å²) in [5, 5.41) is 22.6. The van der Waals surface area contributed by atoms with Crippen molar-refractivity contribution in [3.63, 3.8) is 0 Å². The third-order valence-corrected chi connectivity index (χ3v) is 6.44. The average Bonchev–Trinajstić information content (AvgIpc) is 3.16. The van der Waals surface area contributed by atoms with Crippen LogP contribution in [0, 0.1) is 5.92 Å². The van der Waals surface area contributed by atoms with Gasteiger partial charge in [0, 0.05) is 35.9 Å². The predicted molar refractivity (Wildman–Crippen MR) is 130 cm³/mol. The smallest absolute Gasteiger partial charge is 0.255 e. The Morgan fingerprint density at radius 2 is 1.88 bits per heavy atom. The van der Waals surface area contributed by atoms with Gasteiger partial charge in [-0.3, -0.25) is 4.79 Å². The first-order valence-corrected chi connectivity index (χ1v) is 11.8. The number of anilines is 1. The Balaban J connectivity index is 1.56. The van der Waals surface area contributed by atoms with E-state index in [0.29, 0.717) is 27.7 Å². The number of pyridine rings is 2. The fraction of sp³-hybridized carbons (Fsp3) is 0.500. The molecule has 1 amide bonds. The van der Waals surface area contributed by atoms with E-state index < -0.39 is 5.60 Å². The van der Waals surface area contributed by atoms with E-state index in [9.17, 15) is 9.90 Å². The summed E-state index contributed by atoms with van der Waals surface area (Å²) in [5.41, 5.74) is 1.14. The fourth-order valence-electron chi connectivity index (χ4n) is 4.44. The van der Waals surface area contributed by atoms with Crippen LogP contribution in [0.15, 0.2) is 30.7 Å². The van der Waals surface area contributed by atoms with Crippen molar-refractivity contribution in [1.82, 2.24) is 25.1 Å². The van der Waals surface area contributed by atoms with Gasteiger partial charge in [-0.05, 0) is 65.4 Å². The fourth-order valence-corrected chi connectivity index (χ4v) is 4.61. The largest absolute Gasteiger partial charge is 0.390 e. The van der Waals surface area contributed by atoms with E-state index in [1.54, 1.807) is 29.3 Å². The van der Waals surface area contributed by atoms with Gasteiger partial charge in [-0.25, -0.2) is 9.97 Å². The van der Waals surface area contributed by atoms with Crippen molar-refractivity contribution in [2.75, 3.05) is 5.32 Å². The lowest BCUT2D eigenvalue weighted by molar-refractivity contribution is -0.00257. The van der Waals surface area contributed by atoms with Crippen molar-refractivity contribution in [2.24, 2.45) is 5.92 Å². The molecule has 1 fully saturated rings. The van der Waals surface area contributed by atoms with Gasteiger partial charge in [0.15, 0.2) is 11.5 Å². The van der Waals surface area contributed by atoms with Crippen LogP contribution in [0.1, 0.15) is 63.7 Å². The normalized spacial score (nSPS) is 19.1. The van der Waals surface area contributed by atoms with E-state index in [0.717, 1.165) is 31.1 Å². The minimum absolute atomic E-state index is 0.0895. The van der Waals surface area contributed by atoms with E-state index in [2.05, 4.69) is 25.7 Å². The first kappa shape index (κ1) is 23.4. The van der Waals surface area contributed by atoms with Gasteiger partial charge in [0.1, 0.15) is 0 Å². The van der Waals surface area contributed by atoms with Gasteiger partial charge in [-0.2, -0.15) is 9.78 Å². The maximum absolute atomic E-state index is 13.2. The topological polar surface area (TPSA) is 105 Å². The molecule has 0 bridgehead atoms. The number of nitrogens with zero attached hydrogens (tertiary/aromatic N) is 4. The molecule has 4 rings (SSSR count). The molecule has 33 heavy (non-hydrogen) atoms. The van der Waals surface area contributed by atoms with Crippen molar-refractivity contribution in [3.8, 4) is 5.82 Å². The number of amides is 1. The molecule has 0 aliphatic heterocycles. The second kappa shape index (κ2) is 9.27. The van der Waals surface area contributed by atoms with Gasteiger partial charge in [-0.15, -0.1) is 0 Å². The molecule has 3 aromatic rings. The Kier molecular flexibility index (Phi) is 6.59. The van der Waals surface area contributed by atoms with E-state index in [-0.39, 0.29) is 23.9 Å². The van der Waals surface area contributed by atoms with Gasteiger partial charge in [0.25, 0.3) is 5.91 Å². The van der Waals surface area contributed by atoms with E-state index in [1.807, 2.05) is 33.8 Å². The highest BCUT2D eigenvalue weighted by Crippen LogP contribution is 2.33. The molecule has 0 radical (unpaired) electrons. The number of hydrogen-bond donors (Lipinski definition) is 3. The van der Waals surface area contributed by atoms with Crippen LogP contribution in [0.5, 0.6) is 0 Å². The molecule has 1 aliphatic rings. The third-order valence-electron chi connectivity index (χ3n) is 6.23. The molecular formula is C24H31ClN6O2. The molecule has 0 aromatic carbocycles. The molecule has 0 unspecified atom stereocenters. The molecule has 0 atom stereocenters. The van der Waals surface area contributed by atoms with Crippen molar-refractivity contribution in [3.05, 3.63) is 41.3 Å². The minimum atomic E-state index is -0.681. The molecule has 176 valence electrons. The Bertz CT molecular complexity index is 1150. The Morgan fingerprint density at radius 1 is 1.15 bits per heavy atom. The van der Waals surface area contributed by atoms with Crippen molar-refractivity contribution in [1.29, 1.82) is 0 Å². The van der Waals surface area contributed by atoms with Crippen LogP contribution >= 0.6 is 11.6 Å². The number of aromatic nitrogens is 4. The molecule has 1 aliphatic carbocycles. The summed E-state index contributed by atoms with van der Waals surface area (Å²) >= 11 is 6.04. The maximum Gasteiger partial charge on any atom is 0.255 e. The van der Waals surface area contributed by atoms with E-state index in [1.165, 1.54) is 0 Å². The van der Waals surface area contributed by atoms with Crippen LogP contribution < -0.4 is 10.6 Å². The van der Waals surface area contributed by atoms with Gasteiger partial charge in [0.2, 0.25) is 0 Å². The third kappa shape index (κ3) is 5.28. The SMILES string of the molecule is CC(C)Nc1cc(-n2ncc3cc(Cl)cnc32)ncc1C(=O)NC1CCC(C(C)(C)O)CC1. The lowest BCUT2D eigenvalue weighted by Gasteiger charge is -2.36. The van der Waals surface area contributed by atoms with Crippen LogP contribution in [-0.2, 0) is 0 Å². The summed E-state index contributed by atoms with van der Waals surface area (Å²) in [4.78, 5) is 22.0. The molecule has 0 spiro atoms. The van der Waals surface area contributed by atoms with Crippen molar-refractivity contribution < 1.29 is 9.90 Å². The highest BCUT2D eigenvalue weighted by atomic mass is 35.5. The molecule has 9 heteroatoms. The number of nitrogens with one attached hydrogen (secondary N) is 2. The number of rotatable bonds is 6. The van der Waals surface area contributed by atoms with Crippen molar-refractivity contribution >= 4 is 34.2 Å². The summed E-state index contributed by atoms with van der Waals surface area (Å²) in [5.74, 6) is 0.668. The van der Waals surface area contributed by atoms with E-state index >= 15 is 0 Å². The summed E-state index contributed by atoms with van der Waals surface area (Å²) < 4.78 is 1.64. The zero-order valence-electron chi connectivity index (χ0n) is 19.5. The molecule has 0 saturated heterocycles. The Labute approximate surface area is 198 Å². The van der Waals surface area contributed by atoms with Gasteiger partial charge >= 0.3 is 0 Å². The molecule has 3 heterocycles. The van der Waals surface area contributed by atoms with Crippen LogP contribution in [0.2, 0.25) is 5.02 Å². The van der Waals surface area contributed by atoms with E-state index in [4.69, 9.17) is 11.6 Å². The highest BCUT2D eigenvalue weighted by Gasteiger charge is 2.32. The van der Waals surface area contributed by atoms with Gasteiger partial charge in [-0.1, -0.05) is 11.6 Å². The van der Waals surface area contributed by atoms with Crippen molar-refractivity contribution in [2.45, 2.75) is 71.1 Å². The van der Waals surface area contributed by atoms with Crippen LogP contribution in [0.3, 0.4) is 0 Å². The van der Waals surface area contributed by atoms with Gasteiger partial charge in [0.05, 0.1) is 28.1 Å². The van der Waals surface area contributed by atoms with Crippen LogP contribution in [-0.4, -0.2) is 48.4 Å². The number of fused-ring (bicyclic) bond motifs is 1. The second-order valence-electron chi connectivity index (χ2n) is 9.69. The number of aliphatic hydroxyl groups is 1. The highest BCUT2D eigenvalue weighted by molar-refractivity contribution is 6.31.